The van der Waals surface area contributed by atoms with Crippen LogP contribution in [0.1, 0.15) is 63.0 Å². The van der Waals surface area contributed by atoms with Crippen molar-refractivity contribution in [1.29, 1.82) is 0 Å². The Morgan fingerprint density at radius 3 is 2.06 bits per heavy atom. The molecule has 0 saturated heterocycles. The van der Waals surface area contributed by atoms with E-state index in [4.69, 9.17) is 9.47 Å². The van der Waals surface area contributed by atoms with Crippen LogP contribution < -0.4 is 9.47 Å². The van der Waals surface area contributed by atoms with Crippen molar-refractivity contribution in [2.45, 2.75) is 58.3 Å². The minimum absolute atomic E-state index is 0.0511. The van der Waals surface area contributed by atoms with E-state index in [1.807, 2.05) is 6.92 Å². The lowest BCUT2D eigenvalue weighted by Crippen LogP contribution is -2.16. The highest BCUT2D eigenvalue weighted by Gasteiger charge is 2.27. The topological polar surface area (TPSA) is 18.5 Å². The lowest BCUT2D eigenvalue weighted by atomic mass is 9.76. The van der Waals surface area contributed by atoms with E-state index in [0.29, 0.717) is 41.4 Å². The summed E-state index contributed by atoms with van der Waals surface area (Å²) in [7, 11) is 0. The summed E-state index contributed by atoms with van der Waals surface area (Å²) in [6.45, 7) is 4.42. The third-order valence-electron chi connectivity index (χ3n) is 7.12. The van der Waals surface area contributed by atoms with E-state index in [2.05, 4.69) is 0 Å². The summed E-state index contributed by atoms with van der Waals surface area (Å²) in [5, 5.41) is 0. The Labute approximate surface area is 210 Å². The second-order valence-corrected chi connectivity index (χ2v) is 9.33. The molecule has 2 nitrogen and oxygen atoms in total. The van der Waals surface area contributed by atoms with Crippen LogP contribution in [0.5, 0.6) is 11.5 Å². The van der Waals surface area contributed by atoms with Gasteiger partial charge in [-0.1, -0.05) is 30.3 Å². The highest BCUT2D eigenvalue weighted by Crippen LogP contribution is 2.40. The monoisotopic (exact) mass is 500 g/mol. The molecule has 1 saturated carbocycles. The quantitative estimate of drug-likeness (QED) is 0.274. The Balaban J connectivity index is 1.36. The van der Waals surface area contributed by atoms with Gasteiger partial charge in [-0.05, 0) is 99.1 Å². The van der Waals surface area contributed by atoms with Crippen molar-refractivity contribution in [1.82, 2.24) is 0 Å². The Hall–Kier alpha value is -3.02. The number of ether oxygens (including phenoxy) is 2. The molecule has 0 radical (unpaired) electrons. The molecule has 3 aromatic rings. The van der Waals surface area contributed by atoms with Gasteiger partial charge in [0, 0.05) is 5.56 Å². The normalized spacial score (nSPS) is 17.7. The molecule has 0 amide bonds. The van der Waals surface area contributed by atoms with Gasteiger partial charge in [0.2, 0.25) is 5.82 Å². The Bertz CT molecular complexity index is 1170. The molecule has 0 spiro atoms. The molecule has 0 atom stereocenters. The number of rotatable bonds is 9. The first-order chi connectivity index (χ1) is 17.4. The first kappa shape index (κ1) is 26.1. The van der Waals surface area contributed by atoms with Gasteiger partial charge in [0.25, 0.3) is 0 Å². The molecule has 0 heterocycles. The maximum Gasteiger partial charge on any atom is 0.200 e. The Morgan fingerprint density at radius 1 is 0.694 bits per heavy atom. The minimum Gasteiger partial charge on any atom is -0.494 e. The average Bonchev–Trinajstić information content (AvgIpc) is 2.89. The van der Waals surface area contributed by atoms with Crippen LogP contribution in [0.25, 0.3) is 11.1 Å². The van der Waals surface area contributed by atoms with E-state index in [1.54, 1.807) is 49.4 Å². The van der Waals surface area contributed by atoms with Gasteiger partial charge >= 0.3 is 0 Å². The highest BCUT2D eigenvalue weighted by molar-refractivity contribution is 5.65. The smallest absolute Gasteiger partial charge is 0.200 e. The zero-order valence-electron chi connectivity index (χ0n) is 20.8. The summed E-state index contributed by atoms with van der Waals surface area (Å²) in [4.78, 5) is 0. The molecular weight excluding hydrogens is 468 g/mol. The SMILES string of the molecule is CCOc1ccc(-c2ccc(C3CCC(CCc4ccc(OCC)c(F)c4F)CC3)c(F)c2F)cc1. The van der Waals surface area contributed by atoms with Gasteiger partial charge in [-0.25, -0.2) is 13.2 Å². The van der Waals surface area contributed by atoms with Crippen molar-refractivity contribution in [3.63, 3.8) is 0 Å². The predicted octanol–water partition coefficient (Wildman–Crippen LogP) is 8.61. The third-order valence-corrected chi connectivity index (χ3v) is 7.12. The van der Waals surface area contributed by atoms with Crippen molar-refractivity contribution >= 4 is 0 Å². The van der Waals surface area contributed by atoms with Gasteiger partial charge in [-0.15, -0.1) is 0 Å². The zero-order valence-corrected chi connectivity index (χ0v) is 20.8. The van der Waals surface area contributed by atoms with Gasteiger partial charge in [0.1, 0.15) is 5.75 Å². The van der Waals surface area contributed by atoms with E-state index < -0.39 is 23.3 Å². The second kappa shape index (κ2) is 11.8. The van der Waals surface area contributed by atoms with Crippen molar-refractivity contribution in [2.24, 2.45) is 5.92 Å². The summed E-state index contributed by atoms with van der Waals surface area (Å²) < 4.78 is 69.1. The predicted molar refractivity (Wildman–Crippen MR) is 134 cm³/mol. The van der Waals surface area contributed by atoms with E-state index >= 15 is 8.78 Å². The number of hydrogen-bond acceptors (Lipinski definition) is 2. The molecule has 6 heteroatoms. The lowest BCUT2D eigenvalue weighted by Gasteiger charge is -2.29. The Morgan fingerprint density at radius 2 is 1.39 bits per heavy atom. The maximum absolute atomic E-state index is 15.1. The molecule has 0 aromatic heterocycles. The molecule has 36 heavy (non-hydrogen) atoms. The van der Waals surface area contributed by atoms with E-state index in [-0.39, 0.29) is 23.8 Å². The standard InChI is InChI=1S/C30H32F4O2/c1-3-35-23-14-11-21(12-15-23)25-17-16-24(28(32)29(25)33)20-8-5-19(6-9-20)7-10-22-13-18-26(36-4-2)30(34)27(22)31/h11-20H,3-10H2,1-2H3. The highest BCUT2D eigenvalue weighted by atomic mass is 19.2. The van der Waals surface area contributed by atoms with Crippen molar-refractivity contribution < 1.29 is 27.0 Å². The van der Waals surface area contributed by atoms with Crippen LogP contribution in [-0.2, 0) is 6.42 Å². The molecule has 0 unspecified atom stereocenters. The molecule has 0 bridgehead atoms. The van der Waals surface area contributed by atoms with Gasteiger partial charge in [0.15, 0.2) is 23.2 Å². The first-order valence-corrected chi connectivity index (χ1v) is 12.7. The molecule has 4 rings (SSSR count). The molecular formula is C30H32F4O2. The van der Waals surface area contributed by atoms with Crippen LogP contribution in [0.4, 0.5) is 17.6 Å². The summed E-state index contributed by atoms with van der Waals surface area (Å²) in [6, 6.07) is 13.4. The van der Waals surface area contributed by atoms with Gasteiger partial charge in [-0.2, -0.15) is 4.39 Å². The minimum atomic E-state index is -0.941. The maximum atomic E-state index is 15.1. The van der Waals surface area contributed by atoms with Crippen molar-refractivity contribution in [3.05, 3.63) is 82.9 Å². The zero-order chi connectivity index (χ0) is 25.7. The fourth-order valence-corrected chi connectivity index (χ4v) is 5.15. The second-order valence-electron chi connectivity index (χ2n) is 9.33. The van der Waals surface area contributed by atoms with Gasteiger partial charge < -0.3 is 9.47 Å². The fraction of sp³-hybridized carbons (Fsp3) is 0.400. The van der Waals surface area contributed by atoms with Crippen molar-refractivity contribution in [3.8, 4) is 22.6 Å². The van der Waals surface area contributed by atoms with E-state index in [1.165, 1.54) is 6.07 Å². The van der Waals surface area contributed by atoms with E-state index in [0.717, 1.165) is 32.1 Å². The summed E-state index contributed by atoms with van der Waals surface area (Å²) in [5.74, 6) is -2.49. The van der Waals surface area contributed by atoms with Crippen LogP contribution in [-0.4, -0.2) is 13.2 Å². The number of aryl methyl sites for hydroxylation is 1. The largest absolute Gasteiger partial charge is 0.494 e. The molecule has 1 aliphatic rings. The van der Waals surface area contributed by atoms with Crippen LogP contribution in [0.3, 0.4) is 0 Å². The molecule has 192 valence electrons. The molecule has 0 N–H and O–H groups in total. The van der Waals surface area contributed by atoms with Crippen molar-refractivity contribution in [2.75, 3.05) is 13.2 Å². The number of benzene rings is 3. The van der Waals surface area contributed by atoms with Crippen LogP contribution in [0.15, 0.2) is 48.5 Å². The van der Waals surface area contributed by atoms with Crippen LogP contribution in [0, 0.1) is 29.2 Å². The average molecular weight is 501 g/mol. The van der Waals surface area contributed by atoms with Gasteiger partial charge in [-0.3, -0.25) is 0 Å². The number of halogens is 4. The summed E-state index contributed by atoms with van der Waals surface area (Å²) in [6.07, 6.45) is 4.32. The molecule has 1 fully saturated rings. The summed E-state index contributed by atoms with van der Waals surface area (Å²) in [5.41, 5.74) is 1.59. The Kier molecular flexibility index (Phi) is 8.55. The molecule has 1 aliphatic carbocycles. The summed E-state index contributed by atoms with van der Waals surface area (Å²) >= 11 is 0. The van der Waals surface area contributed by atoms with Gasteiger partial charge in [0.05, 0.1) is 13.2 Å². The fourth-order valence-electron chi connectivity index (χ4n) is 5.15. The van der Waals surface area contributed by atoms with E-state index in [9.17, 15) is 8.78 Å². The third kappa shape index (κ3) is 5.69. The van der Waals surface area contributed by atoms with Crippen LogP contribution in [0.2, 0.25) is 0 Å². The molecule has 3 aromatic carbocycles. The molecule has 0 aliphatic heterocycles. The first-order valence-electron chi connectivity index (χ1n) is 12.7. The van der Waals surface area contributed by atoms with Crippen LogP contribution >= 0.6 is 0 Å². The number of hydrogen-bond donors (Lipinski definition) is 0. The lowest BCUT2D eigenvalue weighted by molar-refractivity contribution is 0.301.